The van der Waals surface area contributed by atoms with Crippen LogP contribution in [-0.4, -0.2) is 6.54 Å². The average Bonchev–Trinajstić information content (AvgIpc) is 2.85. The van der Waals surface area contributed by atoms with Crippen molar-refractivity contribution < 1.29 is 4.39 Å². The van der Waals surface area contributed by atoms with Crippen LogP contribution in [0.3, 0.4) is 0 Å². The van der Waals surface area contributed by atoms with E-state index in [2.05, 4.69) is 12.2 Å². The Morgan fingerprint density at radius 2 is 2.05 bits per heavy atom. The Morgan fingerprint density at radius 1 is 1.25 bits per heavy atom. The molecular formula is C15H16Cl2FNS. The molecule has 0 bridgehead atoms. The van der Waals surface area contributed by atoms with Crippen molar-refractivity contribution in [2.75, 3.05) is 6.54 Å². The lowest BCUT2D eigenvalue weighted by Gasteiger charge is -2.18. The van der Waals surface area contributed by atoms with Crippen molar-refractivity contribution in [3.05, 3.63) is 55.9 Å². The maximum atomic E-state index is 13.5. The predicted molar refractivity (Wildman–Crippen MR) is 85.5 cm³/mol. The Morgan fingerprint density at radius 3 is 2.65 bits per heavy atom. The first-order valence-electron chi connectivity index (χ1n) is 6.52. The first-order valence-corrected chi connectivity index (χ1v) is 8.15. The molecule has 1 aromatic carbocycles. The molecule has 0 aliphatic rings. The number of hydrogen-bond acceptors (Lipinski definition) is 2. The fraction of sp³-hybridized carbons (Fsp3) is 0.333. The van der Waals surface area contributed by atoms with E-state index in [1.54, 1.807) is 17.4 Å². The van der Waals surface area contributed by atoms with E-state index in [0.717, 1.165) is 28.4 Å². The van der Waals surface area contributed by atoms with Crippen LogP contribution < -0.4 is 5.32 Å². The molecule has 0 saturated carbocycles. The second-order valence-electron chi connectivity index (χ2n) is 4.59. The number of hydrogen-bond donors (Lipinski definition) is 1. The minimum atomic E-state index is -0.379. The number of rotatable bonds is 6. The van der Waals surface area contributed by atoms with Crippen molar-refractivity contribution in [1.29, 1.82) is 0 Å². The zero-order valence-corrected chi connectivity index (χ0v) is 13.5. The molecule has 1 N–H and O–H groups in total. The van der Waals surface area contributed by atoms with Crippen molar-refractivity contribution in [3.63, 3.8) is 0 Å². The third-order valence-electron chi connectivity index (χ3n) is 3.03. The molecule has 5 heteroatoms. The van der Waals surface area contributed by atoms with Gasteiger partial charge in [-0.3, -0.25) is 0 Å². The van der Waals surface area contributed by atoms with E-state index in [1.165, 1.54) is 6.07 Å². The summed E-state index contributed by atoms with van der Waals surface area (Å²) in [4.78, 5) is 1.09. The summed E-state index contributed by atoms with van der Waals surface area (Å²) in [7, 11) is 0. The average molecular weight is 332 g/mol. The van der Waals surface area contributed by atoms with Crippen LogP contribution in [0.2, 0.25) is 10.0 Å². The van der Waals surface area contributed by atoms with Gasteiger partial charge in [0, 0.05) is 10.9 Å². The van der Waals surface area contributed by atoms with E-state index in [1.807, 2.05) is 17.5 Å². The third kappa shape index (κ3) is 3.95. The monoisotopic (exact) mass is 331 g/mol. The van der Waals surface area contributed by atoms with Gasteiger partial charge in [-0.2, -0.15) is 0 Å². The molecule has 1 aromatic heterocycles. The van der Waals surface area contributed by atoms with Gasteiger partial charge in [0.1, 0.15) is 5.82 Å². The molecule has 2 aromatic rings. The Balaban J connectivity index is 2.19. The van der Waals surface area contributed by atoms with Gasteiger partial charge in [-0.15, -0.1) is 11.3 Å². The van der Waals surface area contributed by atoms with Gasteiger partial charge in [0.15, 0.2) is 0 Å². The van der Waals surface area contributed by atoms with Crippen molar-refractivity contribution in [1.82, 2.24) is 5.32 Å². The molecule has 0 amide bonds. The number of halogens is 3. The summed E-state index contributed by atoms with van der Waals surface area (Å²) in [6.45, 7) is 3.01. The zero-order chi connectivity index (χ0) is 14.5. The molecule has 108 valence electrons. The maximum Gasteiger partial charge on any atom is 0.142 e. The molecule has 1 heterocycles. The molecule has 1 atom stereocenters. The van der Waals surface area contributed by atoms with E-state index in [-0.39, 0.29) is 16.9 Å². The van der Waals surface area contributed by atoms with Gasteiger partial charge >= 0.3 is 0 Å². The highest BCUT2D eigenvalue weighted by Gasteiger charge is 2.16. The number of thiophene rings is 1. The summed E-state index contributed by atoms with van der Waals surface area (Å²) < 4.78 is 13.5. The Bertz CT molecular complexity index is 571. The van der Waals surface area contributed by atoms with E-state index in [9.17, 15) is 4.39 Å². The molecule has 20 heavy (non-hydrogen) atoms. The highest BCUT2D eigenvalue weighted by molar-refractivity contribution is 7.10. The topological polar surface area (TPSA) is 12.0 Å². The van der Waals surface area contributed by atoms with E-state index >= 15 is 0 Å². The molecular weight excluding hydrogens is 316 g/mol. The van der Waals surface area contributed by atoms with Crippen LogP contribution in [0.4, 0.5) is 4.39 Å². The highest BCUT2D eigenvalue weighted by Crippen LogP contribution is 2.31. The van der Waals surface area contributed by atoms with E-state index in [4.69, 9.17) is 23.2 Å². The van der Waals surface area contributed by atoms with Gasteiger partial charge in [0.05, 0.1) is 10.0 Å². The Kier molecular flexibility index (Phi) is 5.85. The summed E-state index contributed by atoms with van der Waals surface area (Å²) in [5.41, 5.74) is 0.907. The van der Waals surface area contributed by atoms with Crippen molar-refractivity contribution in [2.45, 2.75) is 25.8 Å². The van der Waals surface area contributed by atoms with Gasteiger partial charge in [-0.05, 0) is 48.5 Å². The van der Waals surface area contributed by atoms with E-state index < -0.39 is 0 Å². The standard InChI is InChI=1S/C15H16Cl2FNS/c1-2-6-19-14(15-12(17)5-7-20-15)9-10-3-4-11(16)13(18)8-10/h3-5,7-8,14,19H,2,6,9H2,1H3. The van der Waals surface area contributed by atoms with Crippen LogP contribution in [0, 0.1) is 5.82 Å². The fourth-order valence-corrected chi connectivity index (χ4v) is 3.42. The van der Waals surface area contributed by atoms with Gasteiger partial charge in [-0.25, -0.2) is 4.39 Å². The largest absolute Gasteiger partial charge is 0.309 e. The summed E-state index contributed by atoms with van der Waals surface area (Å²) in [6, 6.07) is 6.94. The SMILES string of the molecule is CCCNC(Cc1ccc(Cl)c(F)c1)c1sccc1Cl. The van der Waals surface area contributed by atoms with Crippen LogP contribution in [0.1, 0.15) is 29.8 Å². The third-order valence-corrected chi connectivity index (χ3v) is 4.80. The summed E-state index contributed by atoms with van der Waals surface area (Å²) in [5, 5.41) is 6.35. The quantitative estimate of drug-likeness (QED) is 0.739. The van der Waals surface area contributed by atoms with Crippen LogP contribution in [0.5, 0.6) is 0 Å². The predicted octanol–water partition coefficient (Wildman–Crippen LogP) is 5.48. The number of nitrogens with one attached hydrogen (secondary N) is 1. The van der Waals surface area contributed by atoms with Crippen molar-refractivity contribution in [2.24, 2.45) is 0 Å². The second kappa shape index (κ2) is 7.41. The molecule has 0 aliphatic heterocycles. The van der Waals surface area contributed by atoms with Gasteiger partial charge in [0.25, 0.3) is 0 Å². The fourth-order valence-electron chi connectivity index (χ4n) is 2.03. The second-order valence-corrected chi connectivity index (χ2v) is 6.35. The lowest BCUT2D eigenvalue weighted by atomic mass is 10.0. The minimum Gasteiger partial charge on any atom is -0.309 e. The molecule has 0 radical (unpaired) electrons. The van der Waals surface area contributed by atoms with Gasteiger partial charge in [0.2, 0.25) is 0 Å². The molecule has 1 nitrogen and oxygen atoms in total. The minimum absolute atomic E-state index is 0.100. The Labute approximate surface area is 132 Å². The molecule has 0 aliphatic carbocycles. The normalized spacial score (nSPS) is 12.6. The molecule has 0 spiro atoms. The lowest BCUT2D eigenvalue weighted by molar-refractivity contribution is 0.534. The first kappa shape index (κ1) is 15.8. The number of benzene rings is 1. The summed E-state index contributed by atoms with van der Waals surface area (Å²) >= 11 is 13.5. The maximum absolute atomic E-state index is 13.5. The zero-order valence-electron chi connectivity index (χ0n) is 11.1. The molecule has 0 fully saturated rings. The van der Waals surface area contributed by atoms with Crippen LogP contribution in [0.15, 0.2) is 29.6 Å². The lowest BCUT2D eigenvalue weighted by Crippen LogP contribution is -2.23. The Hall–Kier alpha value is -0.610. The van der Waals surface area contributed by atoms with Crippen LogP contribution in [0.25, 0.3) is 0 Å². The highest BCUT2D eigenvalue weighted by atomic mass is 35.5. The van der Waals surface area contributed by atoms with E-state index in [0.29, 0.717) is 6.42 Å². The van der Waals surface area contributed by atoms with Gasteiger partial charge in [-0.1, -0.05) is 36.2 Å². The molecule has 2 rings (SSSR count). The summed E-state index contributed by atoms with van der Waals surface area (Å²) in [6.07, 6.45) is 1.72. The van der Waals surface area contributed by atoms with Crippen LogP contribution in [-0.2, 0) is 6.42 Å². The summed E-state index contributed by atoms with van der Waals surface area (Å²) in [5.74, 6) is -0.379. The van der Waals surface area contributed by atoms with Crippen LogP contribution >= 0.6 is 34.5 Å². The van der Waals surface area contributed by atoms with Gasteiger partial charge < -0.3 is 5.32 Å². The molecule has 1 unspecified atom stereocenters. The molecule has 0 saturated heterocycles. The first-order chi connectivity index (χ1) is 9.61. The van der Waals surface area contributed by atoms with Crippen molar-refractivity contribution in [3.8, 4) is 0 Å². The smallest absolute Gasteiger partial charge is 0.142 e. The van der Waals surface area contributed by atoms with Crippen molar-refractivity contribution >= 4 is 34.5 Å².